The van der Waals surface area contributed by atoms with Crippen LogP contribution in [0.15, 0.2) is 12.2 Å². The van der Waals surface area contributed by atoms with E-state index in [4.69, 9.17) is 0 Å². The Kier molecular flexibility index (Phi) is 5.44. The minimum atomic E-state index is -0.609. The van der Waals surface area contributed by atoms with Gasteiger partial charge in [0.25, 0.3) is 0 Å². The Morgan fingerprint density at radius 3 is 2.21 bits per heavy atom. The van der Waals surface area contributed by atoms with Crippen LogP contribution in [0.5, 0.6) is 0 Å². The molecule has 0 heterocycles. The summed E-state index contributed by atoms with van der Waals surface area (Å²) in [6.45, 7) is 6.17. The standard InChI is InChI=1S/C10H14O4/c1-4-8(11)5-9(12)6-14-10(13)7(2)3/h2,4-6H2,1,3H3. The van der Waals surface area contributed by atoms with Crippen LogP contribution in [0.1, 0.15) is 26.7 Å². The van der Waals surface area contributed by atoms with Crippen molar-refractivity contribution < 1.29 is 19.1 Å². The van der Waals surface area contributed by atoms with Gasteiger partial charge in [-0.25, -0.2) is 4.79 Å². The highest BCUT2D eigenvalue weighted by atomic mass is 16.5. The second-order valence-electron chi connectivity index (χ2n) is 2.96. The van der Waals surface area contributed by atoms with Crippen molar-refractivity contribution in [1.82, 2.24) is 0 Å². The zero-order chi connectivity index (χ0) is 11.1. The van der Waals surface area contributed by atoms with E-state index in [1.54, 1.807) is 6.92 Å². The van der Waals surface area contributed by atoms with E-state index < -0.39 is 5.97 Å². The van der Waals surface area contributed by atoms with Gasteiger partial charge in [-0.15, -0.1) is 0 Å². The van der Waals surface area contributed by atoms with Crippen LogP contribution < -0.4 is 0 Å². The quantitative estimate of drug-likeness (QED) is 0.363. The molecule has 0 aromatic carbocycles. The molecule has 14 heavy (non-hydrogen) atoms. The summed E-state index contributed by atoms with van der Waals surface area (Å²) in [5.41, 5.74) is 0.236. The first-order valence-corrected chi connectivity index (χ1v) is 4.33. The van der Waals surface area contributed by atoms with Crippen LogP contribution in [0, 0.1) is 0 Å². The van der Waals surface area contributed by atoms with Crippen molar-refractivity contribution in [3.8, 4) is 0 Å². The van der Waals surface area contributed by atoms with Crippen LogP contribution in [0.4, 0.5) is 0 Å². The fourth-order valence-electron chi connectivity index (χ4n) is 0.665. The van der Waals surface area contributed by atoms with E-state index in [0.29, 0.717) is 6.42 Å². The van der Waals surface area contributed by atoms with Gasteiger partial charge in [0.05, 0.1) is 6.42 Å². The van der Waals surface area contributed by atoms with Crippen LogP contribution >= 0.6 is 0 Å². The van der Waals surface area contributed by atoms with Crippen molar-refractivity contribution in [3.05, 3.63) is 12.2 Å². The van der Waals surface area contributed by atoms with Crippen molar-refractivity contribution in [2.24, 2.45) is 0 Å². The van der Waals surface area contributed by atoms with E-state index in [0.717, 1.165) is 0 Å². The van der Waals surface area contributed by atoms with Crippen molar-refractivity contribution in [2.75, 3.05) is 6.61 Å². The molecule has 0 rings (SSSR count). The monoisotopic (exact) mass is 198 g/mol. The third-order valence-electron chi connectivity index (χ3n) is 1.50. The van der Waals surface area contributed by atoms with Gasteiger partial charge < -0.3 is 4.74 Å². The van der Waals surface area contributed by atoms with E-state index in [-0.39, 0.29) is 30.2 Å². The number of ether oxygens (including phenoxy) is 1. The van der Waals surface area contributed by atoms with Gasteiger partial charge in [-0.3, -0.25) is 9.59 Å². The lowest BCUT2D eigenvalue weighted by Crippen LogP contribution is -2.16. The Morgan fingerprint density at radius 2 is 1.79 bits per heavy atom. The van der Waals surface area contributed by atoms with Crippen molar-refractivity contribution >= 4 is 17.5 Å². The van der Waals surface area contributed by atoms with E-state index in [1.165, 1.54) is 6.92 Å². The predicted octanol–water partition coefficient (Wildman–Crippen LogP) is 1.04. The first-order chi connectivity index (χ1) is 6.47. The van der Waals surface area contributed by atoms with Gasteiger partial charge in [0.2, 0.25) is 0 Å². The zero-order valence-electron chi connectivity index (χ0n) is 8.46. The number of rotatable bonds is 6. The normalized spacial score (nSPS) is 9.29. The number of hydrogen-bond donors (Lipinski definition) is 0. The summed E-state index contributed by atoms with van der Waals surface area (Å²) in [6, 6.07) is 0. The number of ketones is 2. The number of hydrogen-bond acceptors (Lipinski definition) is 4. The highest BCUT2D eigenvalue weighted by Crippen LogP contribution is 1.95. The maximum atomic E-state index is 11.0. The van der Waals surface area contributed by atoms with Gasteiger partial charge >= 0.3 is 5.97 Å². The van der Waals surface area contributed by atoms with Crippen LogP contribution in [-0.2, 0) is 19.1 Å². The summed E-state index contributed by atoms with van der Waals surface area (Å²) in [7, 11) is 0. The molecule has 0 aromatic heterocycles. The van der Waals surface area contributed by atoms with E-state index in [9.17, 15) is 14.4 Å². The summed E-state index contributed by atoms with van der Waals surface area (Å²) in [5, 5.41) is 0. The summed E-state index contributed by atoms with van der Waals surface area (Å²) >= 11 is 0. The first kappa shape index (κ1) is 12.6. The van der Waals surface area contributed by atoms with Gasteiger partial charge in [0, 0.05) is 12.0 Å². The van der Waals surface area contributed by atoms with Crippen LogP contribution in [0.2, 0.25) is 0 Å². The van der Waals surface area contributed by atoms with E-state index in [2.05, 4.69) is 11.3 Å². The van der Waals surface area contributed by atoms with Gasteiger partial charge in [0.1, 0.15) is 5.78 Å². The Labute approximate surface area is 82.9 Å². The largest absolute Gasteiger partial charge is 0.454 e. The molecule has 0 N–H and O–H groups in total. The zero-order valence-corrected chi connectivity index (χ0v) is 8.46. The third kappa shape index (κ3) is 5.24. The van der Waals surface area contributed by atoms with E-state index in [1.807, 2.05) is 0 Å². The lowest BCUT2D eigenvalue weighted by atomic mass is 10.2. The van der Waals surface area contributed by atoms with Crippen molar-refractivity contribution in [3.63, 3.8) is 0 Å². The predicted molar refractivity (Wildman–Crippen MR) is 50.7 cm³/mol. The molecule has 0 spiro atoms. The number of carbonyl (C=O) groups excluding carboxylic acids is 3. The Hall–Kier alpha value is -1.45. The molecular weight excluding hydrogens is 184 g/mol. The SMILES string of the molecule is C=C(C)C(=O)OCC(=O)CC(=O)CC. The highest BCUT2D eigenvalue weighted by Gasteiger charge is 2.10. The molecule has 0 radical (unpaired) electrons. The topological polar surface area (TPSA) is 60.4 Å². The molecule has 0 amide bonds. The van der Waals surface area contributed by atoms with Gasteiger partial charge in [-0.05, 0) is 6.92 Å². The molecule has 0 aromatic rings. The molecular formula is C10H14O4. The van der Waals surface area contributed by atoms with Crippen LogP contribution in [0.3, 0.4) is 0 Å². The van der Waals surface area contributed by atoms with Gasteiger partial charge in [-0.1, -0.05) is 13.5 Å². The molecule has 4 nitrogen and oxygen atoms in total. The van der Waals surface area contributed by atoms with Crippen molar-refractivity contribution in [1.29, 1.82) is 0 Å². The van der Waals surface area contributed by atoms with Gasteiger partial charge in [-0.2, -0.15) is 0 Å². The minimum Gasteiger partial charge on any atom is -0.454 e. The highest BCUT2D eigenvalue weighted by molar-refractivity contribution is 6.00. The Balaban J connectivity index is 3.80. The molecule has 0 aliphatic rings. The molecule has 0 unspecified atom stereocenters. The Morgan fingerprint density at radius 1 is 1.21 bits per heavy atom. The van der Waals surface area contributed by atoms with Gasteiger partial charge in [0.15, 0.2) is 12.4 Å². The molecule has 0 saturated heterocycles. The fraction of sp³-hybridized carbons (Fsp3) is 0.500. The molecule has 0 atom stereocenters. The fourth-order valence-corrected chi connectivity index (χ4v) is 0.665. The van der Waals surface area contributed by atoms with E-state index >= 15 is 0 Å². The number of esters is 1. The van der Waals surface area contributed by atoms with Crippen molar-refractivity contribution in [2.45, 2.75) is 26.7 Å². The number of carbonyl (C=O) groups is 3. The maximum Gasteiger partial charge on any atom is 0.333 e. The Bertz CT molecular complexity index is 265. The first-order valence-electron chi connectivity index (χ1n) is 4.33. The van der Waals surface area contributed by atoms with Crippen LogP contribution in [0.25, 0.3) is 0 Å². The molecule has 4 heteroatoms. The second kappa shape index (κ2) is 6.07. The summed E-state index contributed by atoms with van der Waals surface area (Å²) < 4.78 is 4.57. The number of Topliss-reactive ketones (excluding diaryl/α,β-unsaturated/α-hetero) is 2. The molecule has 0 bridgehead atoms. The molecule has 78 valence electrons. The molecule has 0 saturated carbocycles. The summed E-state index contributed by atoms with van der Waals surface area (Å²) in [5.74, 6) is -1.14. The summed E-state index contributed by atoms with van der Waals surface area (Å²) in [6.07, 6.45) is 0.153. The lowest BCUT2D eigenvalue weighted by Gasteiger charge is -2.02. The third-order valence-corrected chi connectivity index (χ3v) is 1.50. The lowest BCUT2D eigenvalue weighted by molar-refractivity contribution is -0.145. The molecule has 0 aliphatic heterocycles. The average Bonchev–Trinajstić information content (AvgIpc) is 2.13. The smallest absolute Gasteiger partial charge is 0.333 e. The summed E-state index contributed by atoms with van der Waals surface area (Å²) in [4.78, 5) is 32.7. The second-order valence-corrected chi connectivity index (χ2v) is 2.96. The maximum absolute atomic E-state index is 11.0. The molecule has 0 aliphatic carbocycles. The molecule has 0 fully saturated rings. The van der Waals surface area contributed by atoms with Crippen LogP contribution in [-0.4, -0.2) is 24.1 Å². The minimum absolute atomic E-state index is 0.152. The average molecular weight is 198 g/mol.